The molecule has 4 aromatic rings. The maximum absolute atomic E-state index is 13.1. The summed E-state index contributed by atoms with van der Waals surface area (Å²) >= 11 is 1.45. The van der Waals surface area contributed by atoms with E-state index in [1.807, 2.05) is 54.6 Å². The van der Waals surface area contributed by atoms with E-state index < -0.39 is 12.1 Å². The number of benzene rings is 3. The van der Waals surface area contributed by atoms with Crippen molar-refractivity contribution >= 4 is 23.4 Å². The molecule has 7 nitrogen and oxygen atoms in total. The second kappa shape index (κ2) is 8.32. The predicted octanol–water partition coefficient (Wildman–Crippen LogP) is 3.69. The van der Waals surface area contributed by atoms with Crippen LogP contribution in [0.1, 0.15) is 27.7 Å². The van der Waals surface area contributed by atoms with Gasteiger partial charge in [-0.1, -0.05) is 54.2 Å². The molecule has 0 aliphatic carbocycles. The SMILES string of the molecule is O=C(O)c1ccc([C@@H]2Nc3ccccc3-c3c(=O)[nH]c(SCc4ccccc4)n[n+]32)cc1. The number of aromatic carboxylic acids is 1. The molecule has 0 spiro atoms. The van der Waals surface area contributed by atoms with E-state index in [4.69, 9.17) is 5.10 Å². The summed E-state index contributed by atoms with van der Waals surface area (Å²) in [5.74, 6) is -0.314. The number of thioether (sulfide) groups is 1. The van der Waals surface area contributed by atoms with Crippen molar-refractivity contribution in [2.75, 3.05) is 5.32 Å². The Morgan fingerprint density at radius 2 is 1.72 bits per heavy atom. The third kappa shape index (κ3) is 3.76. The Labute approximate surface area is 187 Å². The quantitative estimate of drug-likeness (QED) is 0.321. The molecule has 3 aromatic carbocycles. The Kier molecular flexibility index (Phi) is 5.20. The lowest BCUT2D eigenvalue weighted by Gasteiger charge is -2.22. The number of hydrogen-bond acceptors (Lipinski definition) is 5. The molecule has 1 aliphatic rings. The van der Waals surface area contributed by atoms with Crippen molar-refractivity contribution in [3.8, 4) is 11.3 Å². The van der Waals surface area contributed by atoms with Crippen molar-refractivity contribution in [1.82, 2.24) is 10.1 Å². The number of aromatic nitrogens is 3. The number of fused-ring (bicyclic) bond motifs is 3. The highest BCUT2D eigenvalue weighted by Crippen LogP contribution is 2.31. The van der Waals surface area contributed by atoms with Crippen LogP contribution in [0.4, 0.5) is 5.69 Å². The average Bonchev–Trinajstić information content (AvgIpc) is 2.82. The van der Waals surface area contributed by atoms with Crippen LogP contribution in [0.3, 0.4) is 0 Å². The molecule has 2 heterocycles. The van der Waals surface area contributed by atoms with Gasteiger partial charge in [-0.15, -0.1) is 0 Å². The summed E-state index contributed by atoms with van der Waals surface area (Å²) in [4.78, 5) is 27.3. The number of H-pyrrole nitrogens is 1. The third-order valence-electron chi connectivity index (χ3n) is 5.27. The van der Waals surface area contributed by atoms with E-state index in [1.165, 1.54) is 11.8 Å². The monoisotopic (exact) mass is 443 g/mol. The number of rotatable bonds is 5. The van der Waals surface area contributed by atoms with E-state index >= 15 is 0 Å². The fourth-order valence-electron chi connectivity index (χ4n) is 3.71. The van der Waals surface area contributed by atoms with Gasteiger partial charge in [-0.05, 0) is 46.6 Å². The van der Waals surface area contributed by atoms with Crippen molar-refractivity contribution in [1.29, 1.82) is 0 Å². The molecule has 3 N–H and O–H groups in total. The highest BCUT2D eigenvalue weighted by molar-refractivity contribution is 7.98. The normalized spacial score (nSPS) is 14.2. The highest BCUT2D eigenvalue weighted by Gasteiger charge is 2.37. The molecule has 158 valence electrons. The molecule has 0 amide bonds. The summed E-state index contributed by atoms with van der Waals surface area (Å²) in [6, 6.07) is 24.1. The van der Waals surface area contributed by atoms with Crippen LogP contribution in [0.15, 0.2) is 88.8 Å². The minimum Gasteiger partial charge on any atom is -0.478 e. The fraction of sp³-hybridized carbons (Fsp3) is 0.0833. The summed E-state index contributed by atoms with van der Waals surface area (Å²) in [5, 5.41) is 17.9. The standard InChI is InChI=1S/C24H18N4O3S/c29-22-20-18-8-4-5-9-19(18)25-21(16-10-12-17(13-11-16)23(30)31)28(20)27-24(26-22)32-14-15-6-2-1-3-7-15/h1-13,21H,14H2,(H2,26,27,29,30,31)/p+1/t21-/m1/s1. The Morgan fingerprint density at radius 1 is 1.00 bits per heavy atom. The second-order valence-electron chi connectivity index (χ2n) is 7.35. The van der Waals surface area contributed by atoms with Crippen LogP contribution in [0.25, 0.3) is 11.3 Å². The minimum atomic E-state index is -0.985. The number of carbonyl (C=O) groups is 1. The third-order valence-corrected chi connectivity index (χ3v) is 6.21. The summed E-state index contributed by atoms with van der Waals surface area (Å²) < 4.78 is 1.68. The molecule has 0 fully saturated rings. The Hall–Kier alpha value is -3.91. The summed E-state index contributed by atoms with van der Waals surface area (Å²) in [6.45, 7) is 0. The fourth-order valence-corrected chi connectivity index (χ4v) is 4.52. The summed E-state index contributed by atoms with van der Waals surface area (Å²) in [7, 11) is 0. The first kappa shape index (κ1) is 20.0. The van der Waals surface area contributed by atoms with E-state index in [0.29, 0.717) is 16.6 Å². The number of nitrogens with one attached hydrogen (secondary N) is 2. The van der Waals surface area contributed by atoms with Gasteiger partial charge < -0.3 is 10.4 Å². The Balaban J connectivity index is 1.58. The van der Waals surface area contributed by atoms with Crippen LogP contribution in [0, 0.1) is 0 Å². The average molecular weight is 444 g/mol. The van der Waals surface area contributed by atoms with Gasteiger partial charge in [-0.25, -0.2) is 4.79 Å². The molecular formula is C24H19N4O3S+. The first-order valence-electron chi connectivity index (χ1n) is 10.0. The molecule has 0 saturated heterocycles. The van der Waals surface area contributed by atoms with Crippen molar-refractivity contribution in [2.45, 2.75) is 17.1 Å². The van der Waals surface area contributed by atoms with Gasteiger partial charge in [-0.3, -0.25) is 9.78 Å². The Morgan fingerprint density at radius 3 is 2.47 bits per heavy atom. The lowest BCUT2D eigenvalue weighted by Crippen LogP contribution is -2.55. The van der Waals surface area contributed by atoms with Crippen molar-refractivity contribution < 1.29 is 14.6 Å². The molecule has 0 saturated carbocycles. The highest BCUT2D eigenvalue weighted by atomic mass is 32.2. The molecule has 8 heteroatoms. The van der Waals surface area contributed by atoms with Crippen molar-refractivity contribution in [3.05, 3.63) is 106 Å². The van der Waals surface area contributed by atoms with Crippen molar-refractivity contribution in [3.63, 3.8) is 0 Å². The van der Waals surface area contributed by atoms with Crippen LogP contribution >= 0.6 is 11.8 Å². The number of nitrogens with zero attached hydrogens (tertiary/aromatic N) is 2. The Bertz CT molecular complexity index is 1350. The van der Waals surface area contributed by atoms with E-state index in [2.05, 4.69) is 10.3 Å². The van der Waals surface area contributed by atoms with Gasteiger partial charge in [0.05, 0.1) is 16.8 Å². The lowest BCUT2D eigenvalue weighted by atomic mass is 10.0. The number of aromatic amines is 1. The molecule has 0 radical (unpaired) electrons. The van der Waals surface area contributed by atoms with Gasteiger partial charge in [0.25, 0.3) is 6.17 Å². The number of anilines is 1. The second-order valence-corrected chi connectivity index (χ2v) is 8.31. The zero-order valence-electron chi connectivity index (χ0n) is 16.9. The van der Waals surface area contributed by atoms with E-state index in [0.717, 1.165) is 22.4 Å². The molecule has 1 aliphatic heterocycles. The molecule has 32 heavy (non-hydrogen) atoms. The number of para-hydroxylation sites is 1. The summed E-state index contributed by atoms with van der Waals surface area (Å²) in [6.07, 6.45) is -0.457. The molecule has 0 bridgehead atoms. The zero-order chi connectivity index (χ0) is 22.1. The molecule has 1 aromatic heterocycles. The number of hydrogen-bond donors (Lipinski definition) is 3. The smallest absolute Gasteiger partial charge is 0.335 e. The van der Waals surface area contributed by atoms with E-state index in [9.17, 15) is 14.7 Å². The number of carboxylic acid groups (broad SMARTS) is 1. The van der Waals surface area contributed by atoms with E-state index in [1.54, 1.807) is 28.9 Å². The number of carboxylic acids is 1. The topological polar surface area (TPSA) is 99.0 Å². The van der Waals surface area contributed by atoms with E-state index in [-0.39, 0.29) is 11.1 Å². The predicted molar refractivity (Wildman–Crippen MR) is 122 cm³/mol. The van der Waals surface area contributed by atoms with Crippen LogP contribution in [-0.2, 0) is 5.75 Å². The van der Waals surface area contributed by atoms with Crippen LogP contribution < -0.4 is 15.6 Å². The minimum absolute atomic E-state index is 0.202. The zero-order valence-corrected chi connectivity index (χ0v) is 17.7. The van der Waals surface area contributed by atoms with Gasteiger partial charge in [-0.2, -0.15) is 0 Å². The first-order chi connectivity index (χ1) is 15.6. The lowest BCUT2D eigenvalue weighted by molar-refractivity contribution is -0.759. The van der Waals surface area contributed by atoms with Gasteiger partial charge >= 0.3 is 17.2 Å². The molecular weight excluding hydrogens is 424 g/mol. The largest absolute Gasteiger partial charge is 0.478 e. The molecule has 5 rings (SSSR count). The summed E-state index contributed by atoms with van der Waals surface area (Å²) in [5.41, 5.74) is 3.94. The van der Waals surface area contributed by atoms with Gasteiger partial charge in [0.15, 0.2) is 0 Å². The van der Waals surface area contributed by atoms with Crippen LogP contribution in [0.2, 0.25) is 0 Å². The van der Waals surface area contributed by atoms with Gasteiger partial charge in [0.1, 0.15) is 0 Å². The molecule has 1 atom stereocenters. The maximum atomic E-state index is 13.1. The van der Waals surface area contributed by atoms with Crippen LogP contribution in [0.5, 0.6) is 0 Å². The maximum Gasteiger partial charge on any atom is 0.335 e. The van der Waals surface area contributed by atoms with Crippen molar-refractivity contribution in [2.24, 2.45) is 0 Å². The van der Waals surface area contributed by atoms with Crippen LogP contribution in [-0.4, -0.2) is 21.2 Å². The molecule has 0 unspecified atom stereocenters. The first-order valence-corrected chi connectivity index (χ1v) is 11.0. The van der Waals surface area contributed by atoms with Gasteiger partial charge in [0.2, 0.25) is 5.16 Å². The van der Waals surface area contributed by atoms with Gasteiger partial charge in [0, 0.05) is 16.4 Å².